The molecule has 0 bridgehead atoms. The van der Waals surface area contributed by atoms with Gasteiger partial charge in [-0.1, -0.05) is 37.8 Å². The number of Topliss-reactive ketones (excluding diaryl/α,β-unsaturated/α-hetero) is 1. The number of nitrogens with one attached hydrogen (secondary N) is 2. The molecule has 0 fully saturated rings. The molecule has 0 radical (unpaired) electrons. The van der Waals surface area contributed by atoms with Gasteiger partial charge in [-0.05, 0) is 71.9 Å². The van der Waals surface area contributed by atoms with Crippen LogP contribution < -0.4 is 10.6 Å². The second-order valence-corrected chi connectivity index (χ2v) is 12.4. The van der Waals surface area contributed by atoms with Crippen molar-refractivity contribution < 1.29 is 32.7 Å². The number of hydrogen-bond donors (Lipinski definition) is 2. The number of nitrogens with zero attached hydrogens (tertiary/aromatic N) is 1. The fourth-order valence-corrected chi connectivity index (χ4v) is 5.74. The van der Waals surface area contributed by atoms with Crippen LogP contribution >= 0.6 is 11.6 Å². The van der Waals surface area contributed by atoms with Crippen molar-refractivity contribution in [2.24, 2.45) is 0 Å². The van der Waals surface area contributed by atoms with Gasteiger partial charge in [0.25, 0.3) is 17.6 Å². The number of benzene rings is 1. The summed E-state index contributed by atoms with van der Waals surface area (Å²) >= 11 is 6.57. The number of ketones is 1. The van der Waals surface area contributed by atoms with Crippen LogP contribution in [-0.4, -0.2) is 39.3 Å². The summed E-state index contributed by atoms with van der Waals surface area (Å²) < 4.78 is 33.9. The molecule has 1 atom stereocenters. The van der Waals surface area contributed by atoms with Gasteiger partial charge in [0.1, 0.15) is 11.3 Å². The summed E-state index contributed by atoms with van der Waals surface area (Å²) in [7, 11) is 0. The lowest BCUT2D eigenvalue weighted by atomic mass is 9.89. The van der Waals surface area contributed by atoms with Gasteiger partial charge in [0.05, 0.1) is 10.6 Å². The highest BCUT2D eigenvalue weighted by molar-refractivity contribution is 6.48. The number of amides is 2. The number of anilines is 1. The Kier molecular flexibility index (Phi) is 10.9. The fourth-order valence-electron chi connectivity index (χ4n) is 5.36. The summed E-state index contributed by atoms with van der Waals surface area (Å²) in [6.45, 7) is 9.76. The molecule has 230 valence electrons. The van der Waals surface area contributed by atoms with Crippen LogP contribution in [0.5, 0.6) is 0 Å². The lowest BCUT2D eigenvalue weighted by molar-refractivity contribution is -0.154. The molecule has 0 unspecified atom stereocenters. The highest BCUT2D eigenvalue weighted by Crippen LogP contribution is 2.34. The van der Waals surface area contributed by atoms with Crippen molar-refractivity contribution in [3.63, 3.8) is 0 Å². The Morgan fingerprint density at radius 2 is 1.74 bits per heavy atom. The molecule has 8 nitrogen and oxygen atoms in total. The van der Waals surface area contributed by atoms with Crippen LogP contribution in [-0.2, 0) is 27.3 Å². The molecule has 0 saturated carbocycles. The van der Waals surface area contributed by atoms with Gasteiger partial charge >= 0.3 is 5.97 Å². The van der Waals surface area contributed by atoms with E-state index in [4.69, 9.17) is 16.3 Å². The first-order valence-electron chi connectivity index (χ1n) is 14.4. The normalized spacial score (nSPS) is 14.2. The molecule has 2 aromatic rings. The molecule has 0 spiro atoms. The average molecular weight is 608 g/mol. The minimum Gasteiger partial charge on any atom is -0.460 e. The SMILES string of the molecule is CCC[C@](C)(CCCCCC(=O)OC(C)(C)C)NC(=O)C(=O)c1c(Cl)c(C(=O)Nc2ccc(F)c(F)c2)c2n1CCC2. The van der Waals surface area contributed by atoms with Crippen molar-refractivity contribution in [1.82, 2.24) is 9.88 Å². The van der Waals surface area contributed by atoms with E-state index in [1.807, 2.05) is 34.6 Å². The maximum absolute atomic E-state index is 13.7. The van der Waals surface area contributed by atoms with Crippen LogP contribution in [0.4, 0.5) is 14.5 Å². The summed E-state index contributed by atoms with van der Waals surface area (Å²) in [5, 5.41) is 5.25. The molecular formula is C31H40ClF2N3O5. The van der Waals surface area contributed by atoms with Crippen molar-refractivity contribution in [3.8, 4) is 0 Å². The highest BCUT2D eigenvalue weighted by atomic mass is 35.5. The summed E-state index contributed by atoms with van der Waals surface area (Å²) in [5.74, 6) is -4.76. The minimum absolute atomic E-state index is 0.0277. The topological polar surface area (TPSA) is 106 Å². The molecule has 2 N–H and O–H groups in total. The quantitative estimate of drug-likeness (QED) is 0.113. The molecular weight excluding hydrogens is 568 g/mol. The van der Waals surface area contributed by atoms with Gasteiger partial charge in [0.2, 0.25) is 0 Å². The first-order valence-corrected chi connectivity index (χ1v) is 14.8. The predicted molar refractivity (Wildman–Crippen MR) is 157 cm³/mol. The molecule has 1 aliphatic rings. The highest BCUT2D eigenvalue weighted by Gasteiger charge is 2.36. The van der Waals surface area contributed by atoms with Gasteiger partial charge in [0.15, 0.2) is 11.6 Å². The zero-order valence-corrected chi connectivity index (χ0v) is 25.7. The molecule has 42 heavy (non-hydrogen) atoms. The third-order valence-electron chi connectivity index (χ3n) is 7.18. The van der Waals surface area contributed by atoms with Gasteiger partial charge in [0, 0.05) is 36.0 Å². The number of ether oxygens (including phenoxy) is 1. The number of hydrogen-bond acceptors (Lipinski definition) is 5. The maximum atomic E-state index is 13.7. The number of fused-ring (bicyclic) bond motifs is 1. The summed E-state index contributed by atoms with van der Waals surface area (Å²) in [6, 6.07) is 2.96. The summed E-state index contributed by atoms with van der Waals surface area (Å²) in [6.07, 6.45) is 5.61. The van der Waals surface area contributed by atoms with Crippen molar-refractivity contribution in [2.75, 3.05) is 5.32 Å². The van der Waals surface area contributed by atoms with Crippen LogP contribution in [0, 0.1) is 11.6 Å². The van der Waals surface area contributed by atoms with E-state index in [1.54, 1.807) is 4.57 Å². The number of rotatable bonds is 13. The molecule has 2 amide bonds. The van der Waals surface area contributed by atoms with Crippen molar-refractivity contribution in [2.45, 2.75) is 110 Å². The van der Waals surface area contributed by atoms with E-state index >= 15 is 0 Å². The van der Waals surface area contributed by atoms with E-state index in [-0.39, 0.29) is 27.9 Å². The first-order chi connectivity index (χ1) is 19.7. The molecule has 2 heterocycles. The number of carbonyl (C=O) groups is 4. The predicted octanol–water partition coefficient (Wildman–Crippen LogP) is 6.77. The zero-order chi connectivity index (χ0) is 31.2. The molecule has 1 aromatic heterocycles. The van der Waals surface area contributed by atoms with E-state index < -0.39 is 40.4 Å². The second-order valence-electron chi connectivity index (χ2n) is 12.1. The van der Waals surface area contributed by atoms with E-state index in [0.717, 1.165) is 31.4 Å². The standard InChI is InChI=1S/C31H40ClF2N3O5/c1-6-15-31(5,16-9-7-8-12-23(38)42-30(2,3)4)36-29(41)27(39)26-25(32)24(22-11-10-17-37(22)26)28(40)35-19-13-14-20(33)21(34)18-19/h13-14,18H,6-12,15-17H2,1-5H3,(H,35,40)(H,36,41)/t31-/m1/s1. The van der Waals surface area contributed by atoms with Gasteiger partial charge in [-0.25, -0.2) is 8.78 Å². The fraction of sp³-hybridized carbons (Fsp3) is 0.548. The molecule has 11 heteroatoms. The second kappa shape index (κ2) is 13.8. The van der Waals surface area contributed by atoms with Gasteiger partial charge in [-0.15, -0.1) is 0 Å². The Labute approximate surface area is 250 Å². The Hall–Kier alpha value is -3.27. The number of unbranched alkanes of at least 4 members (excludes halogenated alkanes) is 2. The monoisotopic (exact) mass is 607 g/mol. The van der Waals surface area contributed by atoms with Gasteiger partial charge in [-0.3, -0.25) is 19.2 Å². The summed E-state index contributed by atoms with van der Waals surface area (Å²) in [5.41, 5.74) is -0.668. The third-order valence-corrected chi connectivity index (χ3v) is 7.55. The number of halogens is 3. The number of carbonyl (C=O) groups excluding carboxylic acids is 4. The third kappa shape index (κ3) is 8.40. The Bertz CT molecular complexity index is 1350. The maximum Gasteiger partial charge on any atom is 0.306 e. The van der Waals surface area contributed by atoms with Crippen molar-refractivity contribution >= 4 is 40.9 Å². The van der Waals surface area contributed by atoms with Crippen LogP contribution in [0.2, 0.25) is 5.02 Å². The van der Waals surface area contributed by atoms with Crippen molar-refractivity contribution in [1.29, 1.82) is 0 Å². The minimum atomic E-state index is -1.12. The van der Waals surface area contributed by atoms with E-state index in [9.17, 15) is 28.0 Å². The lowest BCUT2D eigenvalue weighted by Gasteiger charge is -2.30. The zero-order valence-electron chi connectivity index (χ0n) is 24.9. The smallest absolute Gasteiger partial charge is 0.306 e. The van der Waals surface area contributed by atoms with E-state index in [1.165, 1.54) is 6.07 Å². The van der Waals surface area contributed by atoms with Gasteiger partial charge in [-0.2, -0.15) is 0 Å². The van der Waals surface area contributed by atoms with Crippen LogP contribution in [0.25, 0.3) is 0 Å². The molecule has 0 aliphatic carbocycles. The van der Waals surface area contributed by atoms with Crippen LogP contribution in [0.1, 0.15) is 113 Å². The van der Waals surface area contributed by atoms with Crippen LogP contribution in [0.15, 0.2) is 18.2 Å². The number of esters is 1. The lowest BCUT2D eigenvalue weighted by Crippen LogP contribution is -2.48. The largest absolute Gasteiger partial charge is 0.460 e. The van der Waals surface area contributed by atoms with Gasteiger partial charge < -0.3 is 19.9 Å². The Morgan fingerprint density at radius 1 is 1.02 bits per heavy atom. The van der Waals surface area contributed by atoms with E-state index in [2.05, 4.69) is 10.6 Å². The van der Waals surface area contributed by atoms with Crippen molar-refractivity contribution in [3.05, 3.63) is 51.8 Å². The molecule has 1 aromatic carbocycles. The molecule has 1 aliphatic heterocycles. The summed E-state index contributed by atoms with van der Waals surface area (Å²) in [4.78, 5) is 51.8. The van der Waals surface area contributed by atoms with E-state index in [0.29, 0.717) is 50.8 Å². The number of aromatic nitrogens is 1. The average Bonchev–Trinajstić information content (AvgIpc) is 3.44. The Morgan fingerprint density at radius 3 is 2.38 bits per heavy atom. The molecule has 0 saturated heterocycles. The molecule has 3 rings (SSSR count). The van der Waals surface area contributed by atoms with Crippen LogP contribution in [0.3, 0.4) is 0 Å². The first kappa shape index (κ1) is 33.2. The Balaban J connectivity index is 1.69.